The lowest BCUT2D eigenvalue weighted by Crippen LogP contribution is -2.36. The normalized spacial score (nSPS) is 12.9. The van der Waals surface area contributed by atoms with E-state index >= 15 is 0 Å². The quantitative estimate of drug-likeness (QED) is 0.772. The number of methoxy groups -OCH3 is 1. The second kappa shape index (κ2) is 6.32. The second-order valence-electron chi connectivity index (χ2n) is 4.44. The van der Waals surface area contributed by atoms with Crippen molar-refractivity contribution < 1.29 is 17.9 Å². The lowest BCUT2D eigenvalue weighted by molar-refractivity contribution is -0.164. The zero-order valence-corrected chi connectivity index (χ0v) is 11.3. The molecule has 1 aromatic rings. The predicted molar refractivity (Wildman–Crippen MR) is 70.3 cm³/mol. The van der Waals surface area contributed by atoms with Crippen molar-refractivity contribution in [1.82, 2.24) is 0 Å². The third kappa shape index (κ3) is 3.35. The highest BCUT2D eigenvalue weighted by molar-refractivity contribution is 5.36. The average molecular weight is 294 g/mol. The third-order valence-electron chi connectivity index (χ3n) is 3.13. The van der Waals surface area contributed by atoms with E-state index in [1.54, 1.807) is 0 Å². The Hall–Kier alpha value is -2.47. The molecule has 21 heavy (non-hydrogen) atoms. The fraction of sp³-hybridized carbons (Fsp3) is 0.333. The van der Waals surface area contributed by atoms with E-state index in [1.807, 2.05) is 0 Å². The Morgan fingerprint density at radius 3 is 2.10 bits per heavy atom. The number of alkyl halides is 3. The Bertz CT molecular complexity index is 565. The highest BCUT2D eigenvalue weighted by Crippen LogP contribution is 2.49. The molecule has 0 fully saturated rings. The minimum Gasteiger partial charge on any atom is -0.497 e. The molecule has 0 aliphatic carbocycles. The fourth-order valence-electron chi connectivity index (χ4n) is 2.14. The molecule has 0 saturated carbocycles. The van der Waals surface area contributed by atoms with Crippen LogP contribution in [-0.4, -0.2) is 13.3 Å². The standard InChI is InChI=1S/C15H13F3N2O/c1-3-8-14(9-19,10-20)13(15(16,17)18)11-4-6-12(21-2)7-5-11/h3-7,13H,1,8H2,2H3. The van der Waals surface area contributed by atoms with Crippen molar-refractivity contribution >= 4 is 0 Å². The molecule has 1 aromatic carbocycles. The van der Waals surface area contributed by atoms with Crippen molar-refractivity contribution in [3.63, 3.8) is 0 Å². The van der Waals surface area contributed by atoms with Gasteiger partial charge in [-0.05, 0) is 24.1 Å². The second-order valence-corrected chi connectivity index (χ2v) is 4.44. The lowest BCUT2D eigenvalue weighted by Gasteiger charge is -2.30. The number of allylic oxidation sites excluding steroid dienone is 1. The molecule has 0 bridgehead atoms. The molecular weight excluding hydrogens is 281 g/mol. The molecule has 1 rings (SSSR count). The topological polar surface area (TPSA) is 56.8 Å². The monoisotopic (exact) mass is 294 g/mol. The van der Waals surface area contributed by atoms with Crippen molar-refractivity contribution in [3.05, 3.63) is 42.5 Å². The zero-order chi connectivity index (χ0) is 16.1. The third-order valence-corrected chi connectivity index (χ3v) is 3.13. The van der Waals surface area contributed by atoms with Crippen LogP contribution in [-0.2, 0) is 0 Å². The lowest BCUT2D eigenvalue weighted by atomic mass is 9.71. The maximum Gasteiger partial charge on any atom is 0.398 e. The van der Waals surface area contributed by atoms with Gasteiger partial charge in [-0.3, -0.25) is 0 Å². The SMILES string of the molecule is C=CCC(C#N)(C#N)C(c1ccc(OC)cc1)C(F)(F)F. The van der Waals surface area contributed by atoms with E-state index in [1.165, 1.54) is 43.5 Å². The van der Waals surface area contributed by atoms with Crippen LogP contribution in [0.25, 0.3) is 0 Å². The number of rotatable bonds is 5. The Labute approximate surface area is 120 Å². The van der Waals surface area contributed by atoms with E-state index in [4.69, 9.17) is 15.3 Å². The van der Waals surface area contributed by atoms with Crippen LogP contribution < -0.4 is 4.74 Å². The first-order valence-electron chi connectivity index (χ1n) is 5.98. The van der Waals surface area contributed by atoms with E-state index in [-0.39, 0.29) is 12.0 Å². The summed E-state index contributed by atoms with van der Waals surface area (Å²) in [5.74, 6) is -1.83. The van der Waals surface area contributed by atoms with Crippen LogP contribution in [0, 0.1) is 28.1 Å². The molecule has 110 valence electrons. The molecule has 0 amide bonds. The molecular formula is C15H13F3N2O. The maximum absolute atomic E-state index is 13.4. The van der Waals surface area contributed by atoms with Gasteiger partial charge in [-0.1, -0.05) is 18.2 Å². The van der Waals surface area contributed by atoms with Gasteiger partial charge in [0.05, 0.1) is 19.2 Å². The molecule has 0 radical (unpaired) electrons. The van der Waals surface area contributed by atoms with Gasteiger partial charge in [-0.2, -0.15) is 23.7 Å². The molecule has 0 aromatic heterocycles. The molecule has 0 spiro atoms. The Morgan fingerprint density at radius 1 is 1.24 bits per heavy atom. The molecule has 0 saturated heterocycles. The number of halogens is 3. The summed E-state index contributed by atoms with van der Waals surface area (Å²) in [6, 6.07) is 8.18. The van der Waals surface area contributed by atoms with Crippen LogP contribution in [0.2, 0.25) is 0 Å². The van der Waals surface area contributed by atoms with Crippen LogP contribution >= 0.6 is 0 Å². The predicted octanol–water partition coefficient (Wildman–Crippen LogP) is 3.95. The molecule has 0 heterocycles. The summed E-state index contributed by atoms with van der Waals surface area (Å²) in [6.45, 7) is 3.34. The number of ether oxygens (including phenoxy) is 1. The van der Waals surface area contributed by atoms with Crippen molar-refractivity contribution in [3.8, 4) is 17.9 Å². The molecule has 0 aliphatic heterocycles. The number of hydrogen-bond acceptors (Lipinski definition) is 3. The van der Waals surface area contributed by atoms with Crippen molar-refractivity contribution in [2.24, 2.45) is 5.41 Å². The van der Waals surface area contributed by atoms with Crippen LogP contribution in [0.15, 0.2) is 36.9 Å². The van der Waals surface area contributed by atoms with Crippen LogP contribution in [0.5, 0.6) is 5.75 Å². The summed E-state index contributed by atoms with van der Waals surface area (Å²) >= 11 is 0. The van der Waals surface area contributed by atoms with Crippen LogP contribution in [0.3, 0.4) is 0 Å². The van der Waals surface area contributed by atoms with Crippen LogP contribution in [0.4, 0.5) is 13.2 Å². The van der Waals surface area contributed by atoms with Gasteiger partial charge in [0.2, 0.25) is 0 Å². The summed E-state index contributed by atoms with van der Waals surface area (Å²) in [6.07, 6.45) is -3.96. The minimum atomic E-state index is -4.73. The summed E-state index contributed by atoms with van der Waals surface area (Å²) in [5, 5.41) is 18.3. The summed E-state index contributed by atoms with van der Waals surface area (Å²) in [7, 11) is 1.39. The number of nitriles is 2. The van der Waals surface area contributed by atoms with E-state index in [0.717, 1.165) is 6.08 Å². The van der Waals surface area contributed by atoms with Crippen LogP contribution in [0.1, 0.15) is 17.9 Å². The highest BCUT2D eigenvalue weighted by atomic mass is 19.4. The summed E-state index contributed by atoms with van der Waals surface area (Å²) in [5.41, 5.74) is -2.40. The smallest absolute Gasteiger partial charge is 0.398 e. The number of benzene rings is 1. The number of hydrogen-bond donors (Lipinski definition) is 0. The van der Waals surface area contributed by atoms with Gasteiger partial charge < -0.3 is 4.74 Å². The van der Waals surface area contributed by atoms with Gasteiger partial charge in [-0.25, -0.2) is 0 Å². The molecule has 1 unspecified atom stereocenters. The summed E-state index contributed by atoms with van der Waals surface area (Å²) in [4.78, 5) is 0. The van der Waals surface area contributed by atoms with E-state index < -0.39 is 17.5 Å². The number of nitrogens with zero attached hydrogens (tertiary/aromatic N) is 2. The molecule has 0 aliphatic rings. The van der Waals surface area contributed by atoms with E-state index in [9.17, 15) is 13.2 Å². The molecule has 1 atom stereocenters. The Balaban J connectivity index is 3.45. The minimum absolute atomic E-state index is 0.159. The molecule has 0 N–H and O–H groups in total. The van der Waals surface area contributed by atoms with Gasteiger partial charge in [0, 0.05) is 0 Å². The zero-order valence-electron chi connectivity index (χ0n) is 11.3. The maximum atomic E-state index is 13.4. The first-order valence-corrected chi connectivity index (χ1v) is 5.98. The highest BCUT2D eigenvalue weighted by Gasteiger charge is 2.55. The van der Waals surface area contributed by atoms with Crippen molar-refractivity contribution in [2.45, 2.75) is 18.5 Å². The largest absolute Gasteiger partial charge is 0.497 e. The van der Waals surface area contributed by atoms with E-state index in [2.05, 4.69) is 6.58 Å². The van der Waals surface area contributed by atoms with Gasteiger partial charge in [-0.15, -0.1) is 6.58 Å². The summed E-state index contributed by atoms with van der Waals surface area (Å²) < 4.78 is 45.1. The van der Waals surface area contributed by atoms with Gasteiger partial charge in [0.15, 0.2) is 5.41 Å². The van der Waals surface area contributed by atoms with Gasteiger partial charge in [0.1, 0.15) is 11.7 Å². The average Bonchev–Trinajstić information content (AvgIpc) is 2.46. The van der Waals surface area contributed by atoms with Gasteiger partial charge in [0.25, 0.3) is 0 Å². The van der Waals surface area contributed by atoms with Gasteiger partial charge >= 0.3 is 6.18 Å². The molecule has 6 heteroatoms. The first-order chi connectivity index (χ1) is 9.84. The Morgan fingerprint density at radius 2 is 1.76 bits per heavy atom. The van der Waals surface area contributed by atoms with E-state index in [0.29, 0.717) is 5.75 Å². The van der Waals surface area contributed by atoms with Crippen molar-refractivity contribution in [1.29, 1.82) is 10.5 Å². The Kier molecular flexibility index (Phi) is 4.99. The fourth-order valence-corrected chi connectivity index (χ4v) is 2.14. The van der Waals surface area contributed by atoms with Crippen molar-refractivity contribution in [2.75, 3.05) is 7.11 Å². The first kappa shape index (κ1) is 16.6. The molecule has 3 nitrogen and oxygen atoms in total.